The Kier molecular flexibility index (Phi) is 4.26. The maximum Gasteiger partial charge on any atom is 0.332 e. The Morgan fingerprint density at radius 1 is 1.11 bits per heavy atom. The molecule has 0 saturated carbocycles. The molecular formula is C20H21N5O3. The van der Waals surface area contributed by atoms with Crippen molar-refractivity contribution in [1.29, 1.82) is 0 Å². The van der Waals surface area contributed by atoms with Gasteiger partial charge in [0, 0.05) is 25.5 Å². The molecule has 0 fully saturated rings. The number of nitrogens with zero attached hydrogens (tertiary/aromatic N) is 5. The molecule has 0 aliphatic heterocycles. The largest absolute Gasteiger partial charge is 0.332 e. The van der Waals surface area contributed by atoms with E-state index in [0.717, 1.165) is 16.7 Å². The summed E-state index contributed by atoms with van der Waals surface area (Å²) in [5.74, 6) is 0.354. The smallest absolute Gasteiger partial charge is 0.314 e. The zero-order chi connectivity index (χ0) is 20.0. The van der Waals surface area contributed by atoms with E-state index in [9.17, 15) is 14.4 Å². The van der Waals surface area contributed by atoms with Gasteiger partial charge in [0.2, 0.25) is 5.78 Å². The number of imidazole rings is 2. The lowest BCUT2D eigenvalue weighted by atomic mass is 10.1. The average Bonchev–Trinajstić information content (AvgIpc) is 3.17. The monoisotopic (exact) mass is 379 g/mol. The maximum absolute atomic E-state index is 12.9. The number of rotatable bonds is 5. The van der Waals surface area contributed by atoms with Crippen LogP contribution < -0.4 is 11.2 Å². The van der Waals surface area contributed by atoms with Crippen LogP contribution in [-0.2, 0) is 31.4 Å². The topological polar surface area (TPSA) is 83.3 Å². The number of carbonyl (C=O) groups is 1. The molecule has 0 spiro atoms. The Balaban J connectivity index is 1.90. The first-order chi connectivity index (χ1) is 13.4. The number of benzene rings is 1. The van der Waals surface area contributed by atoms with E-state index >= 15 is 0 Å². The van der Waals surface area contributed by atoms with E-state index in [1.54, 1.807) is 11.4 Å². The molecule has 28 heavy (non-hydrogen) atoms. The molecule has 1 aromatic carbocycles. The zero-order valence-corrected chi connectivity index (χ0v) is 16.0. The van der Waals surface area contributed by atoms with Crippen LogP contribution in [-0.4, -0.2) is 28.9 Å². The second kappa shape index (κ2) is 6.63. The summed E-state index contributed by atoms with van der Waals surface area (Å²) < 4.78 is 6.04. The molecule has 0 atom stereocenters. The van der Waals surface area contributed by atoms with Gasteiger partial charge in [-0.05, 0) is 25.8 Å². The number of fused-ring (bicyclic) bond motifs is 3. The lowest BCUT2D eigenvalue weighted by molar-refractivity contribution is -0.117. The average molecular weight is 379 g/mol. The Hall–Kier alpha value is -3.42. The van der Waals surface area contributed by atoms with Gasteiger partial charge in [-0.25, -0.2) is 4.79 Å². The summed E-state index contributed by atoms with van der Waals surface area (Å²) in [6, 6.07) is 10.1. The van der Waals surface area contributed by atoms with Gasteiger partial charge in [-0.15, -0.1) is 0 Å². The van der Waals surface area contributed by atoms with Crippen molar-refractivity contribution in [2.45, 2.75) is 33.4 Å². The molecule has 0 N–H and O–H groups in total. The summed E-state index contributed by atoms with van der Waals surface area (Å²) >= 11 is 0. The van der Waals surface area contributed by atoms with Crippen molar-refractivity contribution in [3.05, 3.63) is 68.6 Å². The Labute approximate surface area is 160 Å². The lowest BCUT2D eigenvalue weighted by Crippen LogP contribution is -2.40. The maximum atomic E-state index is 12.9. The second-order valence-corrected chi connectivity index (χ2v) is 7.05. The van der Waals surface area contributed by atoms with Gasteiger partial charge in [-0.1, -0.05) is 30.3 Å². The minimum atomic E-state index is -0.541. The third-order valence-electron chi connectivity index (χ3n) is 4.99. The molecule has 4 rings (SSSR count). The molecular weight excluding hydrogens is 358 g/mol. The van der Waals surface area contributed by atoms with E-state index in [1.165, 1.54) is 17.1 Å². The fourth-order valence-electron chi connectivity index (χ4n) is 3.58. The number of hydrogen-bond acceptors (Lipinski definition) is 4. The molecule has 0 saturated heterocycles. The van der Waals surface area contributed by atoms with E-state index in [2.05, 4.69) is 17.1 Å². The Bertz CT molecular complexity index is 1320. The minimum Gasteiger partial charge on any atom is -0.314 e. The summed E-state index contributed by atoms with van der Waals surface area (Å²) in [6.45, 7) is 3.77. The van der Waals surface area contributed by atoms with Crippen molar-refractivity contribution in [1.82, 2.24) is 23.1 Å². The molecule has 4 aromatic rings. The van der Waals surface area contributed by atoms with Gasteiger partial charge in [-0.2, -0.15) is 4.98 Å². The predicted molar refractivity (Wildman–Crippen MR) is 106 cm³/mol. The fourth-order valence-corrected chi connectivity index (χ4v) is 3.58. The Morgan fingerprint density at radius 3 is 2.50 bits per heavy atom. The highest BCUT2D eigenvalue weighted by Gasteiger charge is 2.20. The molecule has 8 nitrogen and oxygen atoms in total. The van der Waals surface area contributed by atoms with Gasteiger partial charge < -0.3 is 4.57 Å². The number of aryl methyl sites for hydroxylation is 4. The van der Waals surface area contributed by atoms with E-state index in [4.69, 9.17) is 0 Å². The number of hydrogen-bond donors (Lipinski definition) is 0. The van der Waals surface area contributed by atoms with E-state index in [1.807, 2.05) is 35.9 Å². The SMILES string of the molecule is CC(=O)Cn1c(=O)c2c(nc3n(CCc4ccccc4)c(C)cn23)n(C)c1=O. The zero-order valence-electron chi connectivity index (χ0n) is 16.0. The van der Waals surface area contributed by atoms with Crippen molar-refractivity contribution < 1.29 is 4.79 Å². The summed E-state index contributed by atoms with van der Waals surface area (Å²) in [6.07, 6.45) is 2.67. The summed E-state index contributed by atoms with van der Waals surface area (Å²) in [4.78, 5) is 41.5. The molecule has 0 amide bonds. The normalized spacial score (nSPS) is 11.5. The molecule has 0 radical (unpaired) electrons. The highest BCUT2D eigenvalue weighted by Crippen LogP contribution is 2.17. The van der Waals surface area contributed by atoms with Gasteiger partial charge in [0.15, 0.2) is 11.2 Å². The van der Waals surface area contributed by atoms with Gasteiger partial charge in [-0.3, -0.25) is 23.1 Å². The van der Waals surface area contributed by atoms with Crippen LogP contribution in [0.5, 0.6) is 0 Å². The first-order valence-corrected chi connectivity index (χ1v) is 9.09. The van der Waals surface area contributed by atoms with Gasteiger partial charge in [0.25, 0.3) is 5.56 Å². The molecule has 0 unspecified atom stereocenters. The van der Waals surface area contributed by atoms with Crippen molar-refractivity contribution in [3.8, 4) is 0 Å². The number of ketones is 1. The van der Waals surface area contributed by atoms with Crippen LogP contribution >= 0.6 is 0 Å². The van der Waals surface area contributed by atoms with Crippen LogP contribution in [0.2, 0.25) is 0 Å². The van der Waals surface area contributed by atoms with Crippen LogP contribution in [0.3, 0.4) is 0 Å². The lowest BCUT2D eigenvalue weighted by Gasteiger charge is -2.06. The third-order valence-corrected chi connectivity index (χ3v) is 4.99. The summed E-state index contributed by atoms with van der Waals surface area (Å²) in [7, 11) is 1.56. The standard InChI is InChI=1S/C20H21N5O3/c1-13-11-24-16-17(22(3)20(28)25(18(16)27)12-14(2)26)21-19(24)23(13)10-9-15-7-5-4-6-8-15/h4-8,11H,9-10,12H2,1-3H3. The van der Waals surface area contributed by atoms with E-state index in [0.29, 0.717) is 23.5 Å². The second-order valence-electron chi connectivity index (χ2n) is 7.05. The number of Topliss-reactive ketones (excluding diaryl/α,β-unsaturated/α-hetero) is 1. The first kappa shape index (κ1) is 18.0. The van der Waals surface area contributed by atoms with Crippen molar-refractivity contribution in [3.63, 3.8) is 0 Å². The van der Waals surface area contributed by atoms with Crippen LogP contribution in [0, 0.1) is 6.92 Å². The summed E-state index contributed by atoms with van der Waals surface area (Å²) in [5, 5.41) is 0. The molecule has 0 bridgehead atoms. The molecule has 0 aliphatic rings. The molecule has 144 valence electrons. The van der Waals surface area contributed by atoms with Gasteiger partial charge in [0.1, 0.15) is 5.78 Å². The Morgan fingerprint density at radius 2 is 1.82 bits per heavy atom. The molecule has 0 aliphatic carbocycles. The highest BCUT2D eigenvalue weighted by molar-refractivity contribution is 5.78. The van der Waals surface area contributed by atoms with Crippen molar-refractivity contribution in [2.24, 2.45) is 7.05 Å². The molecule has 3 aromatic heterocycles. The van der Waals surface area contributed by atoms with Crippen LogP contribution in [0.25, 0.3) is 16.9 Å². The quantitative estimate of drug-likeness (QED) is 0.523. The van der Waals surface area contributed by atoms with Gasteiger partial charge >= 0.3 is 5.69 Å². The third kappa shape index (κ3) is 2.77. The highest BCUT2D eigenvalue weighted by atomic mass is 16.2. The van der Waals surface area contributed by atoms with Crippen molar-refractivity contribution in [2.75, 3.05) is 0 Å². The van der Waals surface area contributed by atoms with E-state index < -0.39 is 11.2 Å². The molecule has 8 heteroatoms. The fraction of sp³-hybridized carbons (Fsp3) is 0.300. The number of carbonyl (C=O) groups excluding carboxylic acids is 1. The summed E-state index contributed by atoms with van der Waals surface area (Å²) in [5.41, 5.74) is 1.76. The van der Waals surface area contributed by atoms with Crippen LogP contribution in [0.15, 0.2) is 46.1 Å². The first-order valence-electron chi connectivity index (χ1n) is 9.09. The van der Waals surface area contributed by atoms with Crippen LogP contribution in [0.4, 0.5) is 0 Å². The molecule has 3 heterocycles. The predicted octanol–water partition coefficient (Wildman–Crippen LogP) is 1.29. The van der Waals surface area contributed by atoms with Gasteiger partial charge in [0.05, 0.1) is 6.54 Å². The minimum absolute atomic E-state index is 0.248. The van der Waals surface area contributed by atoms with Crippen LogP contribution in [0.1, 0.15) is 18.2 Å². The van der Waals surface area contributed by atoms with Crippen molar-refractivity contribution >= 4 is 22.7 Å². The van der Waals surface area contributed by atoms with E-state index in [-0.39, 0.29) is 12.3 Å². The number of aromatic nitrogens is 5.